The summed E-state index contributed by atoms with van der Waals surface area (Å²) in [5.74, 6) is -3.04. The van der Waals surface area contributed by atoms with Crippen LogP contribution in [0.1, 0.15) is 41.9 Å². The van der Waals surface area contributed by atoms with E-state index in [-0.39, 0.29) is 62.7 Å². The smallest absolute Gasteiger partial charge is 0.269 e. The molecule has 17 heteroatoms. The highest BCUT2D eigenvalue weighted by Crippen LogP contribution is 2.39. The molecular formula is C33H28ClF3N8O4S. The molecule has 0 spiro atoms. The Labute approximate surface area is 287 Å². The fourth-order valence-corrected chi connectivity index (χ4v) is 6.82. The molecule has 50 heavy (non-hydrogen) atoms. The van der Waals surface area contributed by atoms with Crippen molar-refractivity contribution in [2.24, 2.45) is 7.05 Å². The molecular weight excluding hydrogens is 697 g/mol. The summed E-state index contributed by atoms with van der Waals surface area (Å²) in [6.45, 7) is -0.222. The highest BCUT2D eigenvalue weighted by molar-refractivity contribution is 7.92. The summed E-state index contributed by atoms with van der Waals surface area (Å²) in [5, 5.41) is 11.4. The minimum absolute atomic E-state index is 0.0401. The lowest BCUT2D eigenvalue weighted by Gasteiger charge is -2.24. The largest absolute Gasteiger partial charge is 0.344 e. The number of rotatable bonds is 10. The molecule has 0 radical (unpaired) electrons. The van der Waals surface area contributed by atoms with Crippen molar-refractivity contribution in [3.05, 3.63) is 111 Å². The van der Waals surface area contributed by atoms with E-state index in [1.165, 1.54) is 40.7 Å². The molecule has 1 aliphatic rings. The van der Waals surface area contributed by atoms with Crippen molar-refractivity contribution in [2.75, 3.05) is 11.0 Å². The molecule has 1 saturated carbocycles. The Hall–Kier alpha value is -5.22. The number of halogens is 4. The number of nitrogens with zero attached hydrogens (tertiary/aromatic N) is 6. The highest BCUT2D eigenvalue weighted by atomic mass is 35.5. The van der Waals surface area contributed by atoms with E-state index in [4.69, 9.17) is 11.6 Å². The number of hydrogen-bond donors (Lipinski definition) is 2. The Bertz CT molecular complexity index is 2490. The molecule has 258 valence electrons. The Morgan fingerprint density at radius 2 is 1.78 bits per heavy atom. The van der Waals surface area contributed by atoms with Gasteiger partial charge in [-0.3, -0.25) is 28.2 Å². The second-order valence-electron chi connectivity index (χ2n) is 12.2. The second kappa shape index (κ2) is 12.6. The van der Waals surface area contributed by atoms with Gasteiger partial charge >= 0.3 is 0 Å². The number of aryl methyl sites for hydroxylation is 1. The number of sulfonamides is 1. The molecule has 7 rings (SSSR count). The first-order chi connectivity index (χ1) is 23.8. The topological polar surface area (TPSA) is 146 Å². The van der Waals surface area contributed by atoms with Crippen LogP contribution in [-0.4, -0.2) is 49.7 Å². The van der Waals surface area contributed by atoms with E-state index >= 15 is 4.39 Å². The summed E-state index contributed by atoms with van der Waals surface area (Å²) < 4.78 is 74.7. The molecule has 3 heterocycles. The molecule has 1 unspecified atom stereocenters. The van der Waals surface area contributed by atoms with Crippen molar-refractivity contribution in [2.45, 2.75) is 37.8 Å². The molecule has 0 saturated heterocycles. The summed E-state index contributed by atoms with van der Waals surface area (Å²) in [6, 6.07) is 10.2. The fourth-order valence-electron chi connectivity index (χ4n) is 6.08. The predicted molar refractivity (Wildman–Crippen MR) is 180 cm³/mol. The average Bonchev–Trinajstić information content (AvgIpc) is 3.68. The first kappa shape index (κ1) is 33.3. The third-order valence-electron chi connectivity index (χ3n) is 8.28. The Morgan fingerprint density at radius 3 is 2.48 bits per heavy atom. The van der Waals surface area contributed by atoms with Crippen LogP contribution in [0.2, 0.25) is 5.02 Å². The molecule has 12 nitrogen and oxygen atoms in total. The van der Waals surface area contributed by atoms with Crippen LogP contribution in [0.3, 0.4) is 0 Å². The summed E-state index contributed by atoms with van der Waals surface area (Å²) in [4.78, 5) is 32.7. The standard InChI is InChI=1S/C33H28ClF3N8O4S/c1-43-30-26(9-8-21(34)28(30)31(41-43)42-50(2,48)49)45-32(39-24-5-3-4-22(37)29(24)33(45)47)25(14-17-12-19(35)15-20(36)13-17)38-27(46)16-44-11-10-23(40-44)18-6-7-18/h3-5,8-13,15,18,25H,6-7,14,16H2,1-2H3,(H,38,46)(H,41,42). The van der Waals surface area contributed by atoms with Gasteiger partial charge in [-0.2, -0.15) is 10.2 Å². The summed E-state index contributed by atoms with van der Waals surface area (Å²) in [6.07, 6.45) is 4.39. The van der Waals surface area contributed by atoms with E-state index in [0.29, 0.717) is 12.0 Å². The third kappa shape index (κ3) is 6.55. The van der Waals surface area contributed by atoms with Crippen LogP contribution in [-0.2, 0) is 34.8 Å². The van der Waals surface area contributed by atoms with Crippen LogP contribution < -0.4 is 15.6 Å². The minimum Gasteiger partial charge on any atom is -0.344 e. The summed E-state index contributed by atoms with van der Waals surface area (Å²) in [5.41, 5.74) is 0.298. The van der Waals surface area contributed by atoms with E-state index in [2.05, 4.69) is 25.2 Å². The van der Waals surface area contributed by atoms with Gasteiger partial charge in [-0.1, -0.05) is 17.7 Å². The van der Waals surface area contributed by atoms with Crippen LogP contribution >= 0.6 is 11.6 Å². The van der Waals surface area contributed by atoms with Crippen LogP contribution in [0.15, 0.2) is 65.6 Å². The van der Waals surface area contributed by atoms with Crippen LogP contribution in [0.4, 0.5) is 19.0 Å². The molecule has 1 aliphatic carbocycles. The Balaban J connectivity index is 1.44. The minimum atomic E-state index is -3.83. The quantitative estimate of drug-likeness (QED) is 0.205. The number of carbonyl (C=O) groups is 1. The zero-order chi connectivity index (χ0) is 35.5. The normalized spacial score (nSPS) is 14.0. The Kier molecular flexibility index (Phi) is 8.38. The zero-order valence-corrected chi connectivity index (χ0v) is 28.1. The van der Waals surface area contributed by atoms with Crippen molar-refractivity contribution < 1.29 is 26.4 Å². The molecule has 3 aromatic carbocycles. The van der Waals surface area contributed by atoms with Gasteiger partial charge in [0.25, 0.3) is 5.56 Å². The van der Waals surface area contributed by atoms with Gasteiger partial charge < -0.3 is 5.32 Å². The molecule has 0 aliphatic heterocycles. The fraction of sp³-hybridized carbons (Fsp3) is 0.242. The maximum Gasteiger partial charge on any atom is 0.269 e. The predicted octanol–water partition coefficient (Wildman–Crippen LogP) is 4.89. The van der Waals surface area contributed by atoms with Gasteiger partial charge in [-0.05, 0) is 60.9 Å². The number of fused-ring (bicyclic) bond motifs is 2. The average molecular weight is 725 g/mol. The highest BCUT2D eigenvalue weighted by Gasteiger charge is 2.29. The molecule has 0 bridgehead atoms. The molecule has 3 aromatic heterocycles. The SMILES string of the molecule is Cn1nc(NS(C)(=O)=O)c2c(Cl)ccc(-n3c(C(Cc4cc(F)cc(F)c4)NC(=O)Cn4ccc(C5CC5)n4)nc4cccc(F)c4c3=O)c21. The number of nitrogens with one attached hydrogen (secondary N) is 2. The van der Waals surface area contributed by atoms with Crippen molar-refractivity contribution in [3.8, 4) is 5.69 Å². The lowest BCUT2D eigenvalue weighted by Crippen LogP contribution is -2.37. The first-order valence-electron chi connectivity index (χ1n) is 15.4. The maximum atomic E-state index is 15.3. The van der Waals surface area contributed by atoms with E-state index < -0.39 is 45.0 Å². The summed E-state index contributed by atoms with van der Waals surface area (Å²) in [7, 11) is -2.34. The maximum absolute atomic E-state index is 15.3. The number of carbonyl (C=O) groups excluding carboxylic acids is 1. The van der Waals surface area contributed by atoms with Gasteiger partial charge in [-0.25, -0.2) is 26.6 Å². The first-order valence-corrected chi connectivity index (χ1v) is 17.6. The van der Waals surface area contributed by atoms with Crippen molar-refractivity contribution in [3.63, 3.8) is 0 Å². The van der Waals surface area contributed by atoms with Crippen LogP contribution in [0.5, 0.6) is 0 Å². The van der Waals surface area contributed by atoms with Gasteiger partial charge in [0.05, 0.1) is 45.1 Å². The van der Waals surface area contributed by atoms with Gasteiger partial charge in [0.2, 0.25) is 15.9 Å². The van der Waals surface area contributed by atoms with E-state index in [9.17, 15) is 26.8 Å². The van der Waals surface area contributed by atoms with Gasteiger partial charge in [0.15, 0.2) is 5.82 Å². The van der Waals surface area contributed by atoms with Crippen molar-refractivity contribution in [1.29, 1.82) is 0 Å². The Morgan fingerprint density at radius 1 is 1.04 bits per heavy atom. The second-order valence-corrected chi connectivity index (χ2v) is 14.4. The molecule has 6 aromatic rings. The summed E-state index contributed by atoms with van der Waals surface area (Å²) >= 11 is 6.55. The third-order valence-corrected chi connectivity index (χ3v) is 9.16. The molecule has 1 atom stereocenters. The number of hydrogen-bond acceptors (Lipinski definition) is 7. The lowest BCUT2D eigenvalue weighted by atomic mass is 10.0. The number of amides is 1. The number of benzene rings is 3. The molecule has 1 amide bonds. The van der Waals surface area contributed by atoms with Crippen LogP contribution in [0.25, 0.3) is 27.5 Å². The van der Waals surface area contributed by atoms with Crippen molar-refractivity contribution >= 4 is 55.2 Å². The van der Waals surface area contributed by atoms with Gasteiger partial charge in [0, 0.05) is 31.6 Å². The van der Waals surface area contributed by atoms with Crippen LogP contribution in [0, 0.1) is 17.5 Å². The lowest BCUT2D eigenvalue weighted by molar-refractivity contribution is -0.122. The molecule has 1 fully saturated rings. The molecule has 2 N–H and O–H groups in total. The van der Waals surface area contributed by atoms with Crippen molar-refractivity contribution in [1.82, 2.24) is 34.4 Å². The zero-order valence-electron chi connectivity index (χ0n) is 26.5. The van der Waals surface area contributed by atoms with Gasteiger partial charge in [-0.15, -0.1) is 0 Å². The number of anilines is 1. The van der Waals surface area contributed by atoms with E-state index in [1.54, 1.807) is 6.20 Å². The number of aromatic nitrogens is 6. The van der Waals surface area contributed by atoms with Gasteiger partial charge in [0.1, 0.15) is 35.2 Å². The van der Waals surface area contributed by atoms with E-state index in [0.717, 1.165) is 47.6 Å². The van der Waals surface area contributed by atoms with E-state index in [1.807, 2.05) is 6.07 Å². The monoisotopic (exact) mass is 724 g/mol.